The highest BCUT2D eigenvalue weighted by Gasteiger charge is 2.37. The van der Waals surface area contributed by atoms with Crippen molar-refractivity contribution < 1.29 is 4.74 Å². The van der Waals surface area contributed by atoms with Gasteiger partial charge in [0.05, 0.1) is 20.9 Å². The molecule has 33 heavy (non-hydrogen) atoms. The van der Waals surface area contributed by atoms with Crippen molar-refractivity contribution in [3.63, 3.8) is 0 Å². The molecule has 0 unspecified atom stereocenters. The van der Waals surface area contributed by atoms with Crippen molar-refractivity contribution in [1.82, 2.24) is 4.57 Å². The van der Waals surface area contributed by atoms with Crippen LogP contribution >= 0.6 is 7.92 Å². The van der Waals surface area contributed by atoms with Gasteiger partial charge in [0, 0.05) is 11.6 Å². The number of aromatic nitrogens is 1. The first-order valence-electron chi connectivity index (χ1n) is 13.8. The number of hydrogen-bond donors (Lipinski definition) is 0. The average Bonchev–Trinajstić information content (AvgIpc) is 3.35. The van der Waals surface area contributed by atoms with Crippen molar-refractivity contribution in [3.05, 3.63) is 36.5 Å². The predicted octanol–water partition coefficient (Wildman–Crippen LogP) is 7.97. The van der Waals surface area contributed by atoms with Crippen LogP contribution in [0.4, 0.5) is 0 Å². The predicted molar refractivity (Wildman–Crippen MR) is 149 cm³/mol. The smallest absolute Gasteiger partial charge is 0.142 e. The Labute approximate surface area is 205 Å². The third-order valence-electron chi connectivity index (χ3n) is 8.99. The molecule has 2 aliphatic rings. The second-order valence-electron chi connectivity index (χ2n) is 10.4. The minimum atomic E-state index is -1.57. The Balaban J connectivity index is 1.86. The molecule has 0 atom stereocenters. The maximum absolute atomic E-state index is 6.07. The third-order valence-corrected chi connectivity index (χ3v) is 18.1. The summed E-state index contributed by atoms with van der Waals surface area (Å²) >= 11 is 0. The molecule has 2 saturated carbocycles. The van der Waals surface area contributed by atoms with Gasteiger partial charge >= 0.3 is 0 Å². The van der Waals surface area contributed by atoms with E-state index < -0.39 is 8.07 Å². The Hall–Kier alpha value is -1.05. The Morgan fingerprint density at radius 2 is 1.39 bits per heavy atom. The Bertz CT molecular complexity index is 851. The largest absolute Gasteiger partial charge is 0.495 e. The highest BCUT2D eigenvalue weighted by atomic mass is 31.1. The number of ether oxygens (including phenoxy) is 1. The molecule has 1 heterocycles. The molecule has 0 radical (unpaired) electrons. The number of methoxy groups -OCH3 is 1. The van der Waals surface area contributed by atoms with Gasteiger partial charge in [0.25, 0.3) is 0 Å². The first kappa shape index (κ1) is 25.1. The molecule has 1 aromatic heterocycles. The summed E-state index contributed by atoms with van der Waals surface area (Å²) < 4.78 is 8.70. The van der Waals surface area contributed by atoms with Gasteiger partial charge < -0.3 is 9.30 Å². The van der Waals surface area contributed by atoms with Crippen LogP contribution < -0.4 is 15.4 Å². The molecule has 182 valence electrons. The molecule has 2 nitrogen and oxygen atoms in total. The Kier molecular flexibility index (Phi) is 8.79. The van der Waals surface area contributed by atoms with Crippen molar-refractivity contribution in [2.45, 2.75) is 114 Å². The Morgan fingerprint density at radius 3 is 1.91 bits per heavy atom. The molecule has 4 rings (SSSR count). The molecule has 4 heteroatoms. The fourth-order valence-electron chi connectivity index (χ4n) is 6.85. The summed E-state index contributed by atoms with van der Waals surface area (Å²) in [5.74, 6) is 1.07. The van der Waals surface area contributed by atoms with Gasteiger partial charge in [0.1, 0.15) is 5.75 Å². The zero-order chi connectivity index (χ0) is 23.3. The topological polar surface area (TPSA) is 14.2 Å². The molecule has 0 amide bonds. The molecular formula is C29H46NOPSi. The zero-order valence-corrected chi connectivity index (χ0v) is 23.5. The average molecular weight is 484 g/mol. The van der Waals surface area contributed by atoms with Gasteiger partial charge in [-0.3, -0.25) is 0 Å². The van der Waals surface area contributed by atoms with Crippen LogP contribution in [-0.4, -0.2) is 31.1 Å². The van der Waals surface area contributed by atoms with Gasteiger partial charge in [-0.1, -0.05) is 97.5 Å². The first-order chi connectivity index (χ1) is 16.2. The van der Waals surface area contributed by atoms with Crippen LogP contribution in [0.5, 0.6) is 5.75 Å². The van der Waals surface area contributed by atoms with Gasteiger partial charge in [-0.15, -0.1) is 0 Å². The number of hydrogen-bond acceptors (Lipinski definition) is 1. The van der Waals surface area contributed by atoms with Crippen LogP contribution in [0.1, 0.15) is 85.0 Å². The summed E-state index contributed by atoms with van der Waals surface area (Å²) in [7, 11) is 0.138. The highest BCUT2D eigenvalue weighted by Crippen LogP contribution is 2.55. The highest BCUT2D eigenvalue weighted by molar-refractivity contribution is 7.66. The molecule has 1 aromatic carbocycles. The van der Waals surface area contributed by atoms with E-state index in [1.54, 1.807) is 10.6 Å². The van der Waals surface area contributed by atoms with E-state index in [2.05, 4.69) is 61.9 Å². The monoisotopic (exact) mass is 483 g/mol. The van der Waals surface area contributed by atoms with Gasteiger partial charge in [-0.2, -0.15) is 0 Å². The SMILES string of the molecule is CC[Si](CC)(CC)c1cccc(OC)c1-n1cccc1P(C1CCCCC1)C1CCCCC1. The summed E-state index contributed by atoms with van der Waals surface area (Å²) in [6.07, 6.45) is 16.8. The molecule has 2 aromatic rings. The number of nitrogens with zero attached hydrogens (tertiary/aromatic N) is 1. The van der Waals surface area contributed by atoms with Crippen molar-refractivity contribution >= 4 is 26.6 Å². The molecule has 2 fully saturated rings. The van der Waals surface area contributed by atoms with E-state index in [9.17, 15) is 0 Å². The molecule has 2 aliphatic carbocycles. The quantitative estimate of drug-likeness (QED) is 0.260. The zero-order valence-electron chi connectivity index (χ0n) is 21.6. The van der Waals surface area contributed by atoms with Crippen LogP contribution in [0.3, 0.4) is 0 Å². The van der Waals surface area contributed by atoms with Crippen molar-refractivity contribution in [1.29, 1.82) is 0 Å². The van der Waals surface area contributed by atoms with E-state index in [-0.39, 0.29) is 7.92 Å². The normalized spacial score (nSPS) is 18.7. The number of rotatable bonds is 9. The first-order valence-corrected chi connectivity index (χ1v) is 17.9. The van der Waals surface area contributed by atoms with Crippen LogP contribution in [0.2, 0.25) is 18.1 Å². The van der Waals surface area contributed by atoms with E-state index in [4.69, 9.17) is 4.74 Å². The summed E-state index contributed by atoms with van der Waals surface area (Å²) in [5.41, 5.74) is 4.85. The molecule has 0 saturated heterocycles. The summed E-state index contributed by atoms with van der Waals surface area (Å²) in [5, 5.41) is 1.62. The lowest BCUT2D eigenvalue weighted by Crippen LogP contribution is -2.48. The minimum absolute atomic E-state index is 0.155. The molecular weight excluding hydrogens is 437 g/mol. The fourth-order valence-corrected chi connectivity index (χ4v) is 14.5. The van der Waals surface area contributed by atoms with E-state index in [0.717, 1.165) is 17.1 Å². The Morgan fingerprint density at radius 1 is 0.818 bits per heavy atom. The van der Waals surface area contributed by atoms with E-state index in [0.29, 0.717) is 0 Å². The van der Waals surface area contributed by atoms with Gasteiger partial charge in [0.2, 0.25) is 0 Å². The lowest BCUT2D eigenvalue weighted by molar-refractivity contribution is 0.413. The van der Waals surface area contributed by atoms with E-state index in [1.807, 2.05) is 7.11 Å². The molecule has 0 bridgehead atoms. The van der Waals surface area contributed by atoms with Crippen LogP contribution in [0, 0.1) is 0 Å². The molecule has 0 spiro atoms. The summed E-state index contributed by atoms with van der Waals surface area (Å²) in [4.78, 5) is 0. The van der Waals surface area contributed by atoms with E-state index >= 15 is 0 Å². The summed E-state index contributed by atoms with van der Waals surface area (Å²) in [6, 6.07) is 15.6. The lowest BCUT2D eigenvalue weighted by atomic mass is 9.99. The maximum Gasteiger partial charge on any atom is 0.142 e. The van der Waals surface area contributed by atoms with Crippen molar-refractivity contribution in [2.75, 3.05) is 7.11 Å². The van der Waals surface area contributed by atoms with E-state index in [1.165, 1.54) is 88.0 Å². The van der Waals surface area contributed by atoms with Crippen molar-refractivity contribution in [2.24, 2.45) is 0 Å². The summed E-state index contributed by atoms with van der Waals surface area (Å²) in [6.45, 7) is 7.28. The lowest BCUT2D eigenvalue weighted by Gasteiger charge is -2.39. The maximum atomic E-state index is 6.07. The van der Waals surface area contributed by atoms with Crippen LogP contribution in [0.15, 0.2) is 36.5 Å². The van der Waals surface area contributed by atoms with Gasteiger partial charge in [-0.25, -0.2) is 0 Å². The van der Waals surface area contributed by atoms with Gasteiger partial charge in [0.15, 0.2) is 0 Å². The van der Waals surface area contributed by atoms with Crippen LogP contribution in [0.25, 0.3) is 5.69 Å². The third kappa shape index (κ3) is 5.01. The second kappa shape index (κ2) is 11.6. The number of para-hydroxylation sites is 1. The minimum Gasteiger partial charge on any atom is -0.495 e. The molecule has 0 aliphatic heterocycles. The fraction of sp³-hybridized carbons (Fsp3) is 0.655. The standard InChI is InChI=1S/C29H46NOPSi/c1-5-33(6-2,7-3)27-21-14-20-26(31-4)29(27)30-23-15-22-28(30)32(24-16-10-8-11-17-24)25-18-12-9-13-19-25/h14-15,20-25H,5-13,16-19H2,1-4H3. The van der Waals surface area contributed by atoms with Gasteiger partial charge in [-0.05, 0) is 60.4 Å². The van der Waals surface area contributed by atoms with Crippen molar-refractivity contribution in [3.8, 4) is 11.4 Å². The second-order valence-corrected chi connectivity index (χ2v) is 18.4. The molecule has 0 N–H and O–H groups in total. The van der Waals surface area contributed by atoms with Crippen LogP contribution in [-0.2, 0) is 0 Å². The number of benzene rings is 1.